The summed E-state index contributed by atoms with van der Waals surface area (Å²) in [6.07, 6.45) is 9.56. The van der Waals surface area contributed by atoms with E-state index in [9.17, 15) is 5.11 Å². The Kier molecular flexibility index (Phi) is 4.50. The molecule has 2 unspecified atom stereocenters. The highest BCUT2D eigenvalue weighted by Crippen LogP contribution is 2.28. The molecule has 1 aromatic heterocycles. The number of aromatic nitrogens is 1. The summed E-state index contributed by atoms with van der Waals surface area (Å²) in [6, 6.07) is 10.4. The lowest BCUT2D eigenvalue weighted by atomic mass is 9.94. The molecule has 174 valence electrons. The maximum absolute atomic E-state index is 10.8. The Morgan fingerprint density at radius 2 is 1.80 bits per heavy atom. The van der Waals surface area contributed by atoms with Gasteiger partial charge in [-0.15, -0.1) is 0 Å². The molecular weight excluding hydrogens is 438 g/mol. The van der Waals surface area contributed by atoms with Gasteiger partial charge in [0.05, 0.1) is 16.1 Å². The Balaban J connectivity index is 1.38. The molecule has 4 aliphatic heterocycles. The van der Waals surface area contributed by atoms with E-state index in [1.54, 1.807) is 6.21 Å². The number of aromatic hydroxyl groups is 1. The minimum atomic E-state index is -0.101. The van der Waals surface area contributed by atoms with Gasteiger partial charge in [-0.05, 0) is 48.2 Å². The van der Waals surface area contributed by atoms with Crippen LogP contribution in [-0.2, 0) is 0 Å². The number of allylic oxidation sites excluding steroid dienone is 1. The zero-order valence-corrected chi connectivity index (χ0v) is 19.4. The van der Waals surface area contributed by atoms with Crippen LogP contribution in [-0.4, -0.2) is 66.8 Å². The van der Waals surface area contributed by atoms with Crippen LogP contribution in [0.5, 0.6) is 5.88 Å². The van der Waals surface area contributed by atoms with Crippen LogP contribution in [0.4, 0.5) is 5.69 Å². The third-order valence-electron chi connectivity index (χ3n) is 7.36. The van der Waals surface area contributed by atoms with Gasteiger partial charge in [0, 0.05) is 67.0 Å². The van der Waals surface area contributed by atoms with E-state index in [1.165, 1.54) is 5.69 Å². The molecule has 2 aromatic carbocycles. The predicted octanol–water partition coefficient (Wildman–Crippen LogP) is 0.462. The first-order valence-corrected chi connectivity index (χ1v) is 12.0. The Morgan fingerprint density at radius 3 is 2.69 bits per heavy atom. The molecule has 0 radical (unpaired) electrons. The predicted molar refractivity (Wildman–Crippen MR) is 138 cm³/mol. The average Bonchev–Trinajstić information content (AvgIpc) is 3.60. The summed E-state index contributed by atoms with van der Waals surface area (Å²) in [7, 11) is 2.16. The Labute approximate surface area is 201 Å². The first kappa shape index (κ1) is 20.3. The molecule has 0 saturated carbocycles. The zero-order valence-electron chi connectivity index (χ0n) is 19.4. The molecular formula is C27H25N7O. The number of hydrogen-bond acceptors (Lipinski definition) is 7. The number of likely N-dealkylation sites (N-methyl/N-ethyl adjacent to an activating group) is 1. The summed E-state index contributed by atoms with van der Waals surface area (Å²) < 4.78 is 0. The second-order valence-corrected chi connectivity index (χ2v) is 9.45. The number of nitrogens with one attached hydrogen (secondary N) is 1. The molecule has 2 N–H and O–H groups in total. The van der Waals surface area contributed by atoms with Gasteiger partial charge in [0.25, 0.3) is 0 Å². The van der Waals surface area contributed by atoms with Crippen LogP contribution in [0.25, 0.3) is 22.2 Å². The van der Waals surface area contributed by atoms with Gasteiger partial charge in [0.15, 0.2) is 11.7 Å². The van der Waals surface area contributed by atoms with Gasteiger partial charge in [-0.25, -0.2) is 9.98 Å². The monoisotopic (exact) mass is 463 g/mol. The van der Waals surface area contributed by atoms with Crippen molar-refractivity contribution in [3.8, 4) is 5.88 Å². The van der Waals surface area contributed by atoms with Crippen LogP contribution in [0.2, 0.25) is 0 Å². The van der Waals surface area contributed by atoms with Crippen molar-refractivity contribution >= 4 is 40.3 Å². The van der Waals surface area contributed by atoms with E-state index in [4.69, 9.17) is 9.98 Å². The molecule has 0 spiro atoms. The number of piperazine rings is 1. The standard InChI is InChI=1S/C27H25N7O/c1-33-9-11-34(12-10-33)16-4-7-22-23(13-16)32-26(31-22)19-6-5-17(21-15-30-27(35)24(19)21)20-14-29-25-18(20)3-2-8-28-25/h2-8,13-15,18,25,30,35H,9-12H2,1H3. The van der Waals surface area contributed by atoms with Crippen LogP contribution < -0.4 is 26.1 Å². The van der Waals surface area contributed by atoms with Crippen LogP contribution in [0.3, 0.4) is 0 Å². The van der Waals surface area contributed by atoms with Crippen LogP contribution in [0.1, 0.15) is 0 Å². The number of hydrogen-bond donors (Lipinski definition) is 2. The van der Waals surface area contributed by atoms with E-state index in [2.05, 4.69) is 56.1 Å². The van der Waals surface area contributed by atoms with Gasteiger partial charge in [-0.2, -0.15) is 0 Å². The molecule has 8 heteroatoms. The minimum Gasteiger partial charge on any atom is -0.494 e. The summed E-state index contributed by atoms with van der Waals surface area (Å²) in [5.74, 6) is 0.845. The molecule has 0 bridgehead atoms. The second kappa shape index (κ2) is 7.74. The molecule has 1 fully saturated rings. The molecule has 4 aliphatic rings. The highest BCUT2D eigenvalue weighted by Gasteiger charge is 2.28. The molecule has 35 heavy (non-hydrogen) atoms. The SMILES string of the molecule is CN1CCN(c2ccc3c(c2)=NC(=c2ccc(=C4C=NC5N=CC=CC45)c4c[nH]c(O)c24)N=3)CC1. The molecule has 0 aliphatic carbocycles. The number of aliphatic imine (C=N–C) groups is 2. The number of dihydropyridines is 1. The number of H-pyrrole nitrogens is 1. The summed E-state index contributed by atoms with van der Waals surface area (Å²) in [4.78, 5) is 26.5. The third-order valence-corrected chi connectivity index (χ3v) is 7.36. The first-order valence-electron chi connectivity index (χ1n) is 12.0. The quantitative estimate of drug-likeness (QED) is 0.549. The van der Waals surface area contributed by atoms with Crippen molar-refractivity contribution in [3.63, 3.8) is 0 Å². The van der Waals surface area contributed by atoms with Gasteiger partial charge >= 0.3 is 0 Å². The lowest BCUT2D eigenvalue weighted by molar-refractivity contribution is 0.313. The summed E-state index contributed by atoms with van der Waals surface area (Å²) >= 11 is 0. The number of nitrogens with zero attached hydrogens (tertiary/aromatic N) is 6. The van der Waals surface area contributed by atoms with E-state index >= 15 is 0 Å². The molecule has 7 rings (SSSR count). The number of anilines is 1. The first-order chi connectivity index (χ1) is 17.2. The van der Waals surface area contributed by atoms with Gasteiger partial charge in [0.2, 0.25) is 0 Å². The topological polar surface area (TPSA) is 91.9 Å². The Morgan fingerprint density at radius 1 is 0.971 bits per heavy atom. The van der Waals surface area contributed by atoms with Crippen molar-refractivity contribution in [3.05, 3.63) is 69.8 Å². The molecule has 0 amide bonds. The average molecular weight is 464 g/mol. The second-order valence-electron chi connectivity index (χ2n) is 9.45. The van der Waals surface area contributed by atoms with Crippen molar-refractivity contribution < 1.29 is 5.11 Å². The molecule has 8 nitrogen and oxygen atoms in total. The summed E-state index contributed by atoms with van der Waals surface area (Å²) in [5.41, 5.74) is 2.28. The fourth-order valence-corrected chi connectivity index (χ4v) is 5.39. The van der Waals surface area contributed by atoms with Crippen molar-refractivity contribution in [1.82, 2.24) is 9.88 Å². The Hall–Kier alpha value is -4.04. The number of fused-ring (bicyclic) bond motifs is 3. The van der Waals surface area contributed by atoms with Gasteiger partial charge in [-0.1, -0.05) is 12.1 Å². The molecule has 2 atom stereocenters. The fraction of sp³-hybridized carbons (Fsp3) is 0.259. The highest BCUT2D eigenvalue weighted by atomic mass is 16.3. The van der Waals surface area contributed by atoms with Crippen LogP contribution in [0.15, 0.2) is 68.7 Å². The van der Waals surface area contributed by atoms with E-state index in [1.807, 2.05) is 30.6 Å². The van der Waals surface area contributed by atoms with Gasteiger partial charge in [-0.3, -0.25) is 9.98 Å². The van der Waals surface area contributed by atoms with E-state index in [-0.39, 0.29) is 18.0 Å². The normalized spacial score (nSPS) is 26.1. The third kappa shape index (κ3) is 3.24. The molecule has 1 saturated heterocycles. The molecule has 5 heterocycles. The van der Waals surface area contributed by atoms with Crippen LogP contribution in [0, 0.1) is 5.92 Å². The lowest BCUT2D eigenvalue weighted by Crippen LogP contribution is -2.45. The Bertz CT molecular complexity index is 1700. The van der Waals surface area contributed by atoms with E-state index in [0.717, 1.165) is 63.7 Å². The smallest absolute Gasteiger partial charge is 0.197 e. The van der Waals surface area contributed by atoms with Crippen molar-refractivity contribution in [2.24, 2.45) is 25.9 Å². The minimum absolute atomic E-state index is 0.101. The van der Waals surface area contributed by atoms with E-state index in [0.29, 0.717) is 5.82 Å². The zero-order chi connectivity index (χ0) is 23.5. The molecule has 3 aromatic rings. The van der Waals surface area contributed by atoms with Gasteiger partial charge < -0.3 is 19.9 Å². The maximum atomic E-state index is 10.8. The maximum Gasteiger partial charge on any atom is 0.197 e. The van der Waals surface area contributed by atoms with Crippen LogP contribution >= 0.6 is 0 Å². The highest BCUT2D eigenvalue weighted by molar-refractivity contribution is 6.09. The van der Waals surface area contributed by atoms with Gasteiger partial charge in [0.1, 0.15) is 6.17 Å². The summed E-state index contributed by atoms with van der Waals surface area (Å²) in [5, 5.41) is 16.0. The van der Waals surface area contributed by atoms with Crippen molar-refractivity contribution in [2.75, 3.05) is 38.1 Å². The fourth-order valence-electron chi connectivity index (χ4n) is 5.39. The summed E-state index contributed by atoms with van der Waals surface area (Å²) in [6.45, 7) is 4.13. The number of benzene rings is 2. The number of rotatable bonds is 1. The van der Waals surface area contributed by atoms with Crippen molar-refractivity contribution in [2.45, 2.75) is 6.17 Å². The number of aromatic amines is 1. The van der Waals surface area contributed by atoms with Crippen molar-refractivity contribution in [1.29, 1.82) is 0 Å². The largest absolute Gasteiger partial charge is 0.494 e. The lowest BCUT2D eigenvalue weighted by Gasteiger charge is -2.33. The van der Waals surface area contributed by atoms with E-state index < -0.39 is 0 Å².